The molecule has 3 rings (SSSR count). The molecule has 2 aromatic heterocycles. The lowest BCUT2D eigenvalue weighted by Crippen LogP contribution is -2.34. The largest absolute Gasteiger partial charge is 0.488 e. The summed E-state index contributed by atoms with van der Waals surface area (Å²) in [4.78, 5) is 8.14. The SMILES string of the molecule is Cc1cc(C)c(B(O)O)c(C)c1.c1cnc2ncccc2c1. The number of rotatable bonds is 1. The molecule has 0 spiro atoms. The zero-order chi connectivity index (χ0) is 16.1. The van der Waals surface area contributed by atoms with E-state index in [1.807, 2.05) is 57.2 Å². The average Bonchev–Trinajstić information content (AvgIpc) is 2.46. The van der Waals surface area contributed by atoms with E-state index in [-0.39, 0.29) is 0 Å². The van der Waals surface area contributed by atoms with Crippen LogP contribution >= 0.6 is 0 Å². The van der Waals surface area contributed by atoms with Crippen molar-refractivity contribution in [1.82, 2.24) is 9.97 Å². The summed E-state index contributed by atoms with van der Waals surface area (Å²) in [6.45, 7) is 5.76. The molecule has 5 heteroatoms. The van der Waals surface area contributed by atoms with Crippen LogP contribution in [-0.2, 0) is 0 Å². The maximum Gasteiger partial charge on any atom is 0.488 e. The van der Waals surface area contributed by atoms with Crippen LogP contribution in [0.25, 0.3) is 11.0 Å². The minimum atomic E-state index is -1.36. The first-order chi connectivity index (χ1) is 10.5. The summed E-state index contributed by atoms with van der Waals surface area (Å²) in [5.74, 6) is 0. The van der Waals surface area contributed by atoms with Crippen molar-refractivity contribution in [3.05, 3.63) is 65.5 Å². The van der Waals surface area contributed by atoms with Crippen molar-refractivity contribution in [2.75, 3.05) is 0 Å². The summed E-state index contributed by atoms with van der Waals surface area (Å²) >= 11 is 0. The lowest BCUT2D eigenvalue weighted by molar-refractivity contribution is 0.425. The number of pyridine rings is 2. The predicted molar refractivity (Wildman–Crippen MR) is 90.0 cm³/mol. The highest BCUT2D eigenvalue weighted by atomic mass is 16.4. The summed E-state index contributed by atoms with van der Waals surface area (Å²) in [6, 6.07) is 11.7. The van der Waals surface area contributed by atoms with Gasteiger partial charge in [-0.3, -0.25) is 0 Å². The lowest BCUT2D eigenvalue weighted by Gasteiger charge is -2.09. The third-order valence-electron chi connectivity index (χ3n) is 3.37. The highest BCUT2D eigenvalue weighted by Crippen LogP contribution is 2.06. The third kappa shape index (κ3) is 3.90. The van der Waals surface area contributed by atoms with Gasteiger partial charge in [0.2, 0.25) is 0 Å². The van der Waals surface area contributed by atoms with Gasteiger partial charge in [0.05, 0.1) is 0 Å². The van der Waals surface area contributed by atoms with Gasteiger partial charge in [-0.2, -0.15) is 0 Å². The standard InChI is InChI=1S/C9H13BO2.C8H6N2/c1-6-4-7(2)9(10(11)12)8(3)5-6;1-3-7-4-2-6-10-8(7)9-5-1/h4-5,11-12H,1-3H3;1-6H. The van der Waals surface area contributed by atoms with Crippen molar-refractivity contribution in [2.24, 2.45) is 0 Å². The van der Waals surface area contributed by atoms with Gasteiger partial charge in [-0.1, -0.05) is 28.8 Å². The number of aromatic nitrogens is 2. The maximum atomic E-state index is 9.03. The molecule has 2 N–H and O–H groups in total. The number of nitrogens with zero attached hydrogens (tertiary/aromatic N) is 2. The van der Waals surface area contributed by atoms with E-state index in [0.717, 1.165) is 27.7 Å². The predicted octanol–water partition coefficient (Wildman–Crippen LogP) is 1.92. The van der Waals surface area contributed by atoms with E-state index in [1.165, 1.54) is 0 Å². The second-order valence-electron chi connectivity index (χ2n) is 5.24. The third-order valence-corrected chi connectivity index (χ3v) is 3.37. The Balaban J connectivity index is 0.000000162. The van der Waals surface area contributed by atoms with Crippen LogP contribution in [0.4, 0.5) is 0 Å². The Labute approximate surface area is 130 Å². The maximum absolute atomic E-state index is 9.03. The van der Waals surface area contributed by atoms with Crippen molar-refractivity contribution in [1.29, 1.82) is 0 Å². The van der Waals surface area contributed by atoms with E-state index in [1.54, 1.807) is 12.4 Å². The van der Waals surface area contributed by atoms with E-state index < -0.39 is 7.12 Å². The molecule has 0 radical (unpaired) electrons. The van der Waals surface area contributed by atoms with Gasteiger partial charge < -0.3 is 10.0 Å². The molecule has 112 valence electrons. The van der Waals surface area contributed by atoms with Crippen LogP contribution in [0.1, 0.15) is 16.7 Å². The molecule has 0 aliphatic heterocycles. The first-order valence-corrected chi connectivity index (χ1v) is 7.08. The molecule has 0 aliphatic rings. The van der Waals surface area contributed by atoms with Gasteiger partial charge >= 0.3 is 7.12 Å². The van der Waals surface area contributed by atoms with Crippen LogP contribution in [0.3, 0.4) is 0 Å². The summed E-state index contributed by atoms with van der Waals surface area (Å²) < 4.78 is 0. The molecule has 4 nitrogen and oxygen atoms in total. The van der Waals surface area contributed by atoms with Crippen LogP contribution in [0.15, 0.2) is 48.8 Å². The van der Waals surface area contributed by atoms with Gasteiger partial charge in [-0.15, -0.1) is 0 Å². The Morgan fingerprint density at radius 2 is 1.36 bits per heavy atom. The Bertz CT molecular complexity index is 687. The lowest BCUT2D eigenvalue weighted by atomic mass is 9.74. The highest BCUT2D eigenvalue weighted by Gasteiger charge is 2.16. The molecule has 0 atom stereocenters. The number of hydrogen-bond donors (Lipinski definition) is 2. The minimum absolute atomic E-state index is 0.626. The number of fused-ring (bicyclic) bond motifs is 1. The topological polar surface area (TPSA) is 66.2 Å². The minimum Gasteiger partial charge on any atom is -0.423 e. The molecule has 22 heavy (non-hydrogen) atoms. The zero-order valence-electron chi connectivity index (χ0n) is 13.0. The monoisotopic (exact) mass is 294 g/mol. The molecule has 0 unspecified atom stereocenters. The number of benzene rings is 1. The van der Waals surface area contributed by atoms with Crippen LogP contribution in [0.2, 0.25) is 0 Å². The average molecular weight is 294 g/mol. The van der Waals surface area contributed by atoms with Gasteiger partial charge in [0.1, 0.15) is 0 Å². The number of hydrogen-bond acceptors (Lipinski definition) is 4. The van der Waals surface area contributed by atoms with E-state index >= 15 is 0 Å². The van der Waals surface area contributed by atoms with Crippen LogP contribution in [0.5, 0.6) is 0 Å². The highest BCUT2D eigenvalue weighted by molar-refractivity contribution is 6.59. The molecule has 1 aromatic carbocycles. The first-order valence-electron chi connectivity index (χ1n) is 7.08. The molecule has 0 amide bonds. The Kier molecular flexibility index (Phi) is 5.25. The van der Waals surface area contributed by atoms with Crippen molar-refractivity contribution in [3.8, 4) is 0 Å². The fourth-order valence-electron chi connectivity index (χ4n) is 2.51. The van der Waals surface area contributed by atoms with Crippen LogP contribution < -0.4 is 5.46 Å². The summed E-state index contributed by atoms with van der Waals surface area (Å²) in [5.41, 5.74) is 4.45. The molecular formula is C17H19BN2O2. The van der Waals surface area contributed by atoms with Gasteiger partial charge in [-0.05, 0) is 50.5 Å². The van der Waals surface area contributed by atoms with E-state index in [4.69, 9.17) is 10.0 Å². The Morgan fingerprint density at radius 1 is 0.864 bits per heavy atom. The second kappa shape index (κ2) is 7.16. The summed E-state index contributed by atoms with van der Waals surface area (Å²) in [7, 11) is -1.36. The van der Waals surface area contributed by atoms with E-state index in [9.17, 15) is 0 Å². The van der Waals surface area contributed by atoms with E-state index in [0.29, 0.717) is 5.46 Å². The Morgan fingerprint density at radius 3 is 1.77 bits per heavy atom. The normalized spacial score (nSPS) is 10.0. The van der Waals surface area contributed by atoms with Crippen molar-refractivity contribution in [2.45, 2.75) is 20.8 Å². The van der Waals surface area contributed by atoms with Gasteiger partial charge in [0.25, 0.3) is 0 Å². The fourth-order valence-corrected chi connectivity index (χ4v) is 2.51. The van der Waals surface area contributed by atoms with E-state index in [2.05, 4.69) is 9.97 Å². The van der Waals surface area contributed by atoms with Crippen molar-refractivity contribution < 1.29 is 10.0 Å². The molecule has 0 saturated carbocycles. The second-order valence-corrected chi connectivity index (χ2v) is 5.24. The number of aryl methyl sites for hydroxylation is 3. The zero-order valence-corrected chi connectivity index (χ0v) is 13.0. The molecule has 0 bridgehead atoms. The van der Waals surface area contributed by atoms with Gasteiger partial charge in [0.15, 0.2) is 5.65 Å². The first kappa shape index (κ1) is 16.1. The molecule has 0 fully saturated rings. The quantitative estimate of drug-likeness (QED) is 0.673. The summed E-state index contributed by atoms with van der Waals surface area (Å²) in [5, 5.41) is 19.2. The molecule has 0 aliphatic carbocycles. The van der Waals surface area contributed by atoms with Gasteiger partial charge in [0, 0.05) is 17.8 Å². The molecule has 0 saturated heterocycles. The van der Waals surface area contributed by atoms with Crippen LogP contribution in [0, 0.1) is 20.8 Å². The van der Waals surface area contributed by atoms with Crippen molar-refractivity contribution in [3.63, 3.8) is 0 Å². The molecule has 3 aromatic rings. The molecular weight excluding hydrogens is 275 g/mol. The smallest absolute Gasteiger partial charge is 0.423 e. The van der Waals surface area contributed by atoms with Gasteiger partial charge in [-0.25, -0.2) is 9.97 Å². The van der Waals surface area contributed by atoms with Crippen molar-refractivity contribution >= 4 is 23.6 Å². The summed E-state index contributed by atoms with van der Waals surface area (Å²) in [6.07, 6.45) is 3.49. The van der Waals surface area contributed by atoms with Crippen LogP contribution in [-0.4, -0.2) is 27.1 Å². The Hall–Kier alpha value is -2.24. The fraction of sp³-hybridized carbons (Fsp3) is 0.176. The molecule has 2 heterocycles.